The average Bonchev–Trinajstić information content (AvgIpc) is 3.22. The highest BCUT2D eigenvalue weighted by molar-refractivity contribution is 7.90. The number of ketones is 1. The molecule has 1 aromatic heterocycles. The summed E-state index contributed by atoms with van der Waals surface area (Å²) in [5, 5.41) is 7.25. The molecule has 10 heteroatoms. The summed E-state index contributed by atoms with van der Waals surface area (Å²) in [7, 11) is -2.02. The highest BCUT2D eigenvalue weighted by Crippen LogP contribution is 2.31. The molecule has 0 aliphatic heterocycles. The summed E-state index contributed by atoms with van der Waals surface area (Å²) in [6.45, 7) is 4.55. The summed E-state index contributed by atoms with van der Waals surface area (Å²) in [4.78, 5) is 26.3. The number of carbonyl (C=O) groups is 2. The third kappa shape index (κ3) is 5.35. The van der Waals surface area contributed by atoms with Crippen molar-refractivity contribution >= 4 is 27.3 Å². The van der Waals surface area contributed by atoms with Gasteiger partial charge in [-0.15, -0.1) is 0 Å². The molecule has 1 heterocycles. The minimum atomic E-state index is -3.56. The first-order valence-corrected chi connectivity index (χ1v) is 12.5. The second-order valence-electron chi connectivity index (χ2n) is 7.57. The Kier molecular flexibility index (Phi) is 7.85. The minimum absolute atomic E-state index is 0.0295. The van der Waals surface area contributed by atoms with Gasteiger partial charge >= 0.3 is 5.97 Å². The SMILES string of the molecule is CCn1ncc(C(=O)c2ccc(S(C)(=O)=O)c(NCCOC)c2C)c1OC(=O)c1ccccc1. The van der Waals surface area contributed by atoms with E-state index in [0.717, 1.165) is 6.26 Å². The quantitative estimate of drug-likeness (QED) is 0.264. The van der Waals surface area contributed by atoms with Gasteiger partial charge in [-0.25, -0.2) is 17.9 Å². The van der Waals surface area contributed by atoms with Gasteiger partial charge in [0.05, 0.1) is 29.0 Å². The van der Waals surface area contributed by atoms with Gasteiger partial charge in [0.1, 0.15) is 5.56 Å². The van der Waals surface area contributed by atoms with Crippen LogP contribution in [0.1, 0.15) is 38.8 Å². The molecule has 0 radical (unpaired) electrons. The van der Waals surface area contributed by atoms with Gasteiger partial charge in [0.15, 0.2) is 15.6 Å². The standard InChI is InChI=1S/C24H27N3O6S/c1-5-27-23(33-24(29)17-9-7-6-8-10-17)19(15-26-27)22(28)18-11-12-20(34(4,30)31)21(16(18)2)25-13-14-32-3/h6-12,15,25H,5,13-14H2,1-4H3. The number of sulfone groups is 1. The van der Waals surface area contributed by atoms with Crippen molar-refractivity contribution in [2.75, 3.05) is 31.8 Å². The molecule has 0 unspecified atom stereocenters. The van der Waals surface area contributed by atoms with E-state index in [0.29, 0.717) is 36.5 Å². The molecular formula is C24H27N3O6S. The van der Waals surface area contributed by atoms with Crippen molar-refractivity contribution in [3.05, 3.63) is 70.9 Å². The zero-order valence-electron chi connectivity index (χ0n) is 19.5. The maximum absolute atomic E-state index is 13.5. The van der Waals surface area contributed by atoms with E-state index in [1.54, 1.807) is 37.3 Å². The van der Waals surface area contributed by atoms with Gasteiger partial charge in [0.25, 0.3) is 0 Å². The third-order valence-electron chi connectivity index (χ3n) is 5.21. The van der Waals surface area contributed by atoms with Crippen molar-refractivity contribution in [1.82, 2.24) is 9.78 Å². The Morgan fingerprint density at radius 2 is 1.79 bits per heavy atom. The van der Waals surface area contributed by atoms with Gasteiger partial charge in [-0.1, -0.05) is 18.2 Å². The van der Waals surface area contributed by atoms with Crippen LogP contribution in [0.15, 0.2) is 53.6 Å². The number of rotatable bonds is 10. The number of aryl methyl sites for hydroxylation is 1. The number of nitrogens with zero attached hydrogens (tertiary/aromatic N) is 2. The minimum Gasteiger partial charge on any atom is -0.403 e. The Hall–Kier alpha value is -3.50. The molecule has 0 fully saturated rings. The first-order valence-electron chi connectivity index (χ1n) is 10.6. The number of benzene rings is 2. The van der Waals surface area contributed by atoms with E-state index in [9.17, 15) is 18.0 Å². The average molecular weight is 486 g/mol. The number of esters is 1. The predicted octanol–water partition coefficient (Wildman–Crippen LogP) is 3.12. The summed E-state index contributed by atoms with van der Waals surface area (Å²) in [6.07, 6.45) is 2.46. The number of nitrogens with one attached hydrogen (secondary N) is 1. The fourth-order valence-electron chi connectivity index (χ4n) is 3.47. The van der Waals surface area contributed by atoms with Crippen LogP contribution in [-0.4, -0.2) is 56.5 Å². The number of ether oxygens (including phenoxy) is 2. The van der Waals surface area contributed by atoms with Crippen molar-refractivity contribution in [2.45, 2.75) is 25.3 Å². The maximum Gasteiger partial charge on any atom is 0.344 e. The number of methoxy groups -OCH3 is 1. The normalized spacial score (nSPS) is 11.3. The maximum atomic E-state index is 13.5. The van der Waals surface area contributed by atoms with Crippen molar-refractivity contribution in [1.29, 1.82) is 0 Å². The van der Waals surface area contributed by atoms with E-state index in [2.05, 4.69) is 10.4 Å². The second-order valence-corrected chi connectivity index (χ2v) is 9.55. The van der Waals surface area contributed by atoms with Crippen LogP contribution in [0.25, 0.3) is 0 Å². The number of hydrogen-bond donors (Lipinski definition) is 1. The molecule has 2 aromatic carbocycles. The topological polar surface area (TPSA) is 117 Å². The van der Waals surface area contributed by atoms with E-state index in [1.165, 1.54) is 30.1 Å². The molecule has 0 aliphatic rings. The molecule has 1 N–H and O–H groups in total. The van der Waals surface area contributed by atoms with Gasteiger partial charge < -0.3 is 14.8 Å². The molecule has 0 saturated heterocycles. The van der Waals surface area contributed by atoms with Gasteiger partial charge in [-0.05, 0) is 43.7 Å². The smallest absolute Gasteiger partial charge is 0.344 e. The molecule has 9 nitrogen and oxygen atoms in total. The van der Waals surface area contributed by atoms with Crippen LogP contribution in [0.2, 0.25) is 0 Å². The van der Waals surface area contributed by atoms with Crippen molar-refractivity contribution < 1.29 is 27.5 Å². The highest BCUT2D eigenvalue weighted by atomic mass is 32.2. The van der Waals surface area contributed by atoms with Crippen molar-refractivity contribution in [3.8, 4) is 5.88 Å². The number of aromatic nitrogens is 2. The largest absolute Gasteiger partial charge is 0.403 e. The summed E-state index contributed by atoms with van der Waals surface area (Å²) in [5.41, 5.74) is 1.48. The molecule has 3 aromatic rings. The summed E-state index contributed by atoms with van der Waals surface area (Å²) in [6, 6.07) is 11.3. The lowest BCUT2D eigenvalue weighted by molar-refractivity contribution is 0.0716. The highest BCUT2D eigenvalue weighted by Gasteiger charge is 2.26. The van der Waals surface area contributed by atoms with Crippen molar-refractivity contribution in [3.63, 3.8) is 0 Å². The fraction of sp³-hybridized carbons (Fsp3) is 0.292. The van der Waals surface area contributed by atoms with Crippen LogP contribution in [-0.2, 0) is 21.1 Å². The Morgan fingerprint density at radius 1 is 1.09 bits per heavy atom. The number of hydrogen-bond acceptors (Lipinski definition) is 8. The Bertz CT molecular complexity index is 1300. The van der Waals surface area contributed by atoms with Crippen LogP contribution in [0.3, 0.4) is 0 Å². The lowest BCUT2D eigenvalue weighted by atomic mass is 9.99. The lowest BCUT2D eigenvalue weighted by Gasteiger charge is -2.17. The number of carbonyl (C=O) groups excluding carboxylic acids is 2. The Balaban J connectivity index is 2.04. The molecule has 0 bridgehead atoms. The van der Waals surface area contributed by atoms with Gasteiger partial charge in [-0.3, -0.25) is 4.79 Å². The molecule has 34 heavy (non-hydrogen) atoms. The Morgan fingerprint density at radius 3 is 2.41 bits per heavy atom. The van der Waals surface area contributed by atoms with Crippen molar-refractivity contribution in [2.24, 2.45) is 0 Å². The molecule has 0 atom stereocenters. The molecule has 0 saturated carbocycles. The Labute approximate surface area is 198 Å². The monoisotopic (exact) mass is 485 g/mol. The van der Waals surface area contributed by atoms with Gasteiger partial charge in [0, 0.05) is 32.0 Å². The molecule has 0 aliphatic carbocycles. The van der Waals surface area contributed by atoms with E-state index in [4.69, 9.17) is 9.47 Å². The number of anilines is 1. The fourth-order valence-corrected chi connectivity index (χ4v) is 4.38. The summed E-state index contributed by atoms with van der Waals surface area (Å²) >= 11 is 0. The van der Waals surface area contributed by atoms with Crippen LogP contribution in [0.5, 0.6) is 5.88 Å². The second kappa shape index (κ2) is 10.6. The van der Waals surface area contributed by atoms with E-state index < -0.39 is 21.6 Å². The van der Waals surface area contributed by atoms with E-state index in [-0.39, 0.29) is 21.9 Å². The van der Waals surface area contributed by atoms with E-state index >= 15 is 0 Å². The van der Waals surface area contributed by atoms with Crippen LogP contribution < -0.4 is 10.1 Å². The molecule has 180 valence electrons. The van der Waals surface area contributed by atoms with Gasteiger partial charge in [-0.2, -0.15) is 5.10 Å². The van der Waals surface area contributed by atoms with Crippen LogP contribution in [0, 0.1) is 6.92 Å². The lowest BCUT2D eigenvalue weighted by Crippen LogP contribution is -2.16. The predicted molar refractivity (Wildman–Crippen MR) is 127 cm³/mol. The first-order chi connectivity index (χ1) is 16.2. The zero-order chi connectivity index (χ0) is 24.9. The van der Waals surface area contributed by atoms with E-state index in [1.807, 2.05) is 6.92 Å². The summed E-state index contributed by atoms with van der Waals surface area (Å²) in [5.74, 6) is -1.03. The third-order valence-corrected chi connectivity index (χ3v) is 6.35. The zero-order valence-corrected chi connectivity index (χ0v) is 20.3. The summed E-state index contributed by atoms with van der Waals surface area (Å²) < 4.78 is 36.7. The van der Waals surface area contributed by atoms with Crippen LogP contribution >= 0.6 is 0 Å². The molecule has 3 rings (SSSR count). The van der Waals surface area contributed by atoms with Gasteiger partial charge in [0.2, 0.25) is 5.88 Å². The molecular weight excluding hydrogens is 458 g/mol. The van der Waals surface area contributed by atoms with Crippen LogP contribution in [0.4, 0.5) is 5.69 Å². The molecule has 0 amide bonds. The first kappa shape index (κ1) is 25.1. The molecule has 0 spiro atoms.